The second-order valence-corrected chi connectivity index (χ2v) is 6.33. The molecule has 0 heterocycles. The van der Waals surface area contributed by atoms with Crippen molar-refractivity contribution in [2.24, 2.45) is 5.92 Å². The minimum atomic E-state index is -0.139. The molecule has 1 N–H and O–H groups in total. The average Bonchev–Trinajstić information content (AvgIpc) is 2.28. The zero-order valence-corrected chi connectivity index (χ0v) is 13.4. The minimum Gasteiger partial charge on any atom is -0.349 e. The van der Waals surface area contributed by atoms with Crippen LogP contribution in [0, 0.1) is 5.92 Å². The maximum absolute atomic E-state index is 11.9. The molecule has 0 aliphatic rings. The number of halogens is 2. The molecule has 4 heteroatoms. The molecule has 1 aromatic rings. The molecule has 0 saturated heterocycles. The smallest absolute Gasteiger partial charge is 0.234 e. The molecule has 0 radical (unpaired) electrons. The second kappa shape index (κ2) is 6.55. The Morgan fingerprint density at radius 1 is 1.18 bits per heavy atom. The predicted molar refractivity (Wildman–Crippen MR) is 78.3 cm³/mol. The van der Waals surface area contributed by atoms with Crippen LogP contribution in [0.4, 0.5) is 0 Å². The molecule has 2 nitrogen and oxygen atoms in total. The highest BCUT2D eigenvalue weighted by Crippen LogP contribution is 2.18. The molecule has 0 bridgehead atoms. The summed E-state index contributed by atoms with van der Waals surface area (Å²) in [6.07, 6.45) is 0. The highest BCUT2D eigenvalue weighted by atomic mass is 79.9. The van der Waals surface area contributed by atoms with Gasteiger partial charge in [-0.05, 0) is 30.5 Å². The molecular formula is C13H17Br2NO. The summed E-state index contributed by atoms with van der Waals surface area (Å²) >= 11 is 6.79. The lowest BCUT2D eigenvalue weighted by Gasteiger charge is -2.19. The van der Waals surface area contributed by atoms with Crippen LogP contribution in [-0.4, -0.2) is 10.7 Å². The Bertz CT molecular complexity index is 376. The Hall–Kier alpha value is -0.350. The Kier molecular flexibility index (Phi) is 5.67. The van der Waals surface area contributed by atoms with Crippen molar-refractivity contribution in [3.63, 3.8) is 0 Å². The summed E-state index contributed by atoms with van der Waals surface area (Å²) < 4.78 is 1.04. The quantitative estimate of drug-likeness (QED) is 0.804. The van der Waals surface area contributed by atoms with Crippen LogP contribution in [0.1, 0.15) is 32.4 Å². The summed E-state index contributed by atoms with van der Waals surface area (Å²) in [5.41, 5.74) is 1.10. The van der Waals surface area contributed by atoms with E-state index in [-0.39, 0.29) is 22.7 Å². The van der Waals surface area contributed by atoms with Gasteiger partial charge in [-0.25, -0.2) is 0 Å². The van der Waals surface area contributed by atoms with Gasteiger partial charge in [-0.2, -0.15) is 0 Å². The number of rotatable bonds is 4. The standard InChI is InChI=1S/C13H17Br2NO/c1-8(2)12(15)13(17)16-9(3)10-4-6-11(14)7-5-10/h4-9,12H,1-3H3,(H,16,17)/t9-,12?/m1/s1. The van der Waals surface area contributed by atoms with Crippen LogP contribution in [0.3, 0.4) is 0 Å². The topological polar surface area (TPSA) is 29.1 Å². The van der Waals surface area contributed by atoms with Crippen LogP contribution in [0.25, 0.3) is 0 Å². The summed E-state index contributed by atoms with van der Waals surface area (Å²) in [6, 6.07) is 7.99. The lowest BCUT2D eigenvalue weighted by molar-refractivity contribution is -0.121. The van der Waals surface area contributed by atoms with Gasteiger partial charge in [-0.1, -0.05) is 57.8 Å². The molecule has 0 spiro atoms. The summed E-state index contributed by atoms with van der Waals surface area (Å²) in [4.78, 5) is 11.7. The first kappa shape index (κ1) is 14.7. The zero-order valence-electron chi connectivity index (χ0n) is 10.2. The molecule has 1 rings (SSSR count). The number of carbonyl (C=O) groups excluding carboxylic acids is 1. The van der Waals surface area contributed by atoms with Crippen LogP contribution >= 0.6 is 31.9 Å². The van der Waals surface area contributed by atoms with Crippen molar-refractivity contribution >= 4 is 37.8 Å². The van der Waals surface area contributed by atoms with Gasteiger partial charge in [0.15, 0.2) is 0 Å². The van der Waals surface area contributed by atoms with Crippen LogP contribution in [0.15, 0.2) is 28.7 Å². The Balaban J connectivity index is 2.63. The lowest BCUT2D eigenvalue weighted by atomic mass is 10.1. The van der Waals surface area contributed by atoms with Crippen molar-refractivity contribution in [2.75, 3.05) is 0 Å². The molecule has 0 fully saturated rings. The fraction of sp³-hybridized carbons (Fsp3) is 0.462. The Labute approximate surface area is 119 Å². The van der Waals surface area contributed by atoms with Crippen LogP contribution in [-0.2, 0) is 4.79 Å². The number of nitrogens with one attached hydrogen (secondary N) is 1. The molecule has 0 aliphatic heterocycles. The zero-order chi connectivity index (χ0) is 13.0. The SMILES string of the molecule is CC(C)C(Br)C(=O)N[C@H](C)c1ccc(Br)cc1. The van der Waals surface area contributed by atoms with Gasteiger partial charge in [-0.3, -0.25) is 4.79 Å². The highest BCUT2D eigenvalue weighted by Gasteiger charge is 2.20. The molecule has 2 atom stereocenters. The van der Waals surface area contributed by atoms with Gasteiger partial charge >= 0.3 is 0 Å². The number of amides is 1. The molecule has 0 aliphatic carbocycles. The molecule has 1 amide bonds. The highest BCUT2D eigenvalue weighted by molar-refractivity contribution is 9.10. The third kappa shape index (κ3) is 4.43. The molecule has 94 valence electrons. The van der Waals surface area contributed by atoms with Gasteiger partial charge in [0.2, 0.25) is 5.91 Å². The molecule has 0 saturated carbocycles. The van der Waals surface area contributed by atoms with Crippen LogP contribution in [0.2, 0.25) is 0 Å². The molecule has 17 heavy (non-hydrogen) atoms. The van der Waals surface area contributed by atoms with E-state index in [4.69, 9.17) is 0 Å². The summed E-state index contributed by atoms with van der Waals surface area (Å²) in [5, 5.41) is 3.00. The van der Waals surface area contributed by atoms with Crippen molar-refractivity contribution < 1.29 is 4.79 Å². The van der Waals surface area contributed by atoms with Gasteiger partial charge < -0.3 is 5.32 Å². The van der Waals surface area contributed by atoms with Gasteiger partial charge in [0, 0.05) is 4.47 Å². The maximum atomic E-state index is 11.9. The maximum Gasteiger partial charge on any atom is 0.234 e. The molecular weight excluding hydrogens is 346 g/mol. The molecule has 1 unspecified atom stereocenters. The normalized spacial score (nSPS) is 14.5. The Morgan fingerprint density at radius 2 is 1.71 bits per heavy atom. The van der Waals surface area contributed by atoms with E-state index in [9.17, 15) is 4.79 Å². The molecule has 0 aromatic heterocycles. The van der Waals surface area contributed by atoms with Crippen molar-refractivity contribution in [1.29, 1.82) is 0 Å². The third-order valence-corrected chi connectivity index (χ3v) is 4.57. The fourth-order valence-electron chi connectivity index (χ4n) is 1.43. The first-order valence-corrected chi connectivity index (χ1v) is 7.32. The van der Waals surface area contributed by atoms with E-state index < -0.39 is 0 Å². The van der Waals surface area contributed by atoms with Gasteiger partial charge in [0.1, 0.15) is 0 Å². The number of carbonyl (C=O) groups is 1. The number of hydrogen-bond donors (Lipinski definition) is 1. The van der Waals surface area contributed by atoms with E-state index in [0.717, 1.165) is 10.0 Å². The van der Waals surface area contributed by atoms with E-state index in [1.54, 1.807) is 0 Å². The Morgan fingerprint density at radius 3 is 2.18 bits per heavy atom. The fourth-order valence-corrected chi connectivity index (χ4v) is 1.83. The third-order valence-electron chi connectivity index (χ3n) is 2.56. The van der Waals surface area contributed by atoms with Gasteiger partial charge in [0.25, 0.3) is 0 Å². The van der Waals surface area contributed by atoms with E-state index in [1.165, 1.54) is 0 Å². The predicted octanol–water partition coefficient (Wildman–Crippen LogP) is 4.05. The molecule has 1 aromatic carbocycles. The minimum absolute atomic E-state index is 0.0226. The monoisotopic (exact) mass is 361 g/mol. The number of benzene rings is 1. The number of hydrogen-bond acceptors (Lipinski definition) is 1. The summed E-state index contributed by atoms with van der Waals surface area (Å²) in [6.45, 7) is 6.02. The summed E-state index contributed by atoms with van der Waals surface area (Å²) in [7, 11) is 0. The van der Waals surface area contributed by atoms with Crippen LogP contribution < -0.4 is 5.32 Å². The first-order valence-electron chi connectivity index (χ1n) is 5.61. The van der Waals surface area contributed by atoms with Gasteiger partial charge in [0.05, 0.1) is 10.9 Å². The van der Waals surface area contributed by atoms with E-state index in [0.29, 0.717) is 0 Å². The lowest BCUT2D eigenvalue weighted by Crippen LogP contribution is -2.35. The average molecular weight is 363 g/mol. The van der Waals surface area contributed by atoms with Crippen molar-refractivity contribution in [3.05, 3.63) is 34.3 Å². The summed E-state index contributed by atoms with van der Waals surface area (Å²) in [5.74, 6) is 0.322. The second-order valence-electron chi connectivity index (χ2n) is 4.43. The largest absolute Gasteiger partial charge is 0.349 e. The van der Waals surface area contributed by atoms with Crippen molar-refractivity contribution in [1.82, 2.24) is 5.32 Å². The van der Waals surface area contributed by atoms with E-state index in [2.05, 4.69) is 37.2 Å². The van der Waals surface area contributed by atoms with Gasteiger partial charge in [-0.15, -0.1) is 0 Å². The van der Waals surface area contributed by atoms with Crippen molar-refractivity contribution in [3.8, 4) is 0 Å². The number of alkyl halides is 1. The van der Waals surface area contributed by atoms with Crippen LogP contribution in [0.5, 0.6) is 0 Å². The van der Waals surface area contributed by atoms with Crippen molar-refractivity contribution in [2.45, 2.75) is 31.6 Å². The first-order chi connectivity index (χ1) is 7.91. The van der Waals surface area contributed by atoms with E-state index in [1.807, 2.05) is 45.0 Å². The van der Waals surface area contributed by atoms with E-state index >= 15 is 0 Å².